The Morgan fingerprint density at radius 1 is 1.50 bits per heavy atom. The fourth-order valence-electron chi connectivity index (χ4n) is 1.71. The summed E-state index contributed by atoms with van der Waals surface area (Å²) in [5.74, 6) is 0. The molecule has 2 aromatic rings. The highest BCUT2D eigenvalue weighted by Gasteiger charge is 2.23. The smallest absolute Gasteiger partial charge is 0.326 e. The highest BCUT2D eigenvalue weighted by atomic mass is 79.9. The molecule has 7 heteroatoms. The molecule has 0 aliphatic rings. The second-order valence-electron chi connectivity index (χ2n) is 3.62. The van der Waals surface area contributed by atoms with E-state index >= 15 is 0 Å². The maximum absolute atomic E-state index is 11.9. The van der Waals surface area contributed by atoms with Crippen molar-refractivity contribution < 1.29 is 14.1 Å². The summed E-state index contributed by atoms with van der Waals surface area (Å²) < 4.78 is 5.29. The van der Waals surface area contributed by atoms with Crippen LogP contribution in [0.4, 0.5) is 5.69 Å². The molecule has 0 unspecified atom stereocenters. The topological polar surface area (TPSA) is 90.4 Å². The van der Waals surface area contributed by atoms with E-state index in [2.05, 4.69) is 15.9 Å². The molecule has 1 aromatic carbocycles. The van der Waals surface area contributed by atoms with Crippen LogP contribution in [0.3, 0.4) is 0 Å². The van der Waals surface area contributed by atoms with Gasteiger partial charge >= 0.3 is 5.69 Å². The Morgan fingerprint density at radius 2 is 2.17 bits per heavy atom. The predicted octanol–water partition coefficient (Wildman–Crippen LogP) is 2.58. The fraction of sp³-hybridized carbons (Fsp3) is 0.0909. The largest absolute Gasteiger partial charge is 0.456 e. The van der Waals surface area contributed by atoms with Gasteiger partial charge in [-0.25, -0.2) is 0 Å². The number of nitro groups is 1. The van der Waals surface area contributed by atoms with Crippen molar-refractivity contribution in [3.63, 3.8) is 0 Å². The van der Waals surface area contributed by atoms with E-state index in [4.69, 9.17) is 4.42 Å². The lowest BCUT2D eigenvalue weighted by atomic mass is 10.1. The number of aldehydes is 1. The van der Waals surface area contributed by atoms with Gasteiger partial charge in [0.1, 0.15) is 6.26 Å². The van der Waals surface area contributed by atoms with E-state index in [0.717, 1.165) is 6.26 Å². The van der Waals surface area contributed by atoms with E-state index in [-0.39, 0.29) is 26.7 Å². The Morgan fingerprint density at radius 3 is 2.72 bits per heavy atom. The van der Waals surface area contributed by atoms with Crippen LogP contribution >= 0.6 is 15.9 Å². The zero-order valence-corrected chi connectivity index (χ0v) is 10.7. The van der Waals surface area contributed by atoms with Crippen LogP contribution in [0, 0.1) is 17.0 Å². The van der Waals surface area contributed by atoms with Gasteiger partial charge in [0.2, 0.25) is 11.0 Å². The molecule has 0 aliphatic carbocycles. The second kappa shape index (κ2) is 4.34. The molecule has 6 nitrogen and oxygen atoms in total. The van der Waals surface area contributed by atoms with Crippen LogP contribution in [0.1, 0.15) is 15.9 Å². The standard InChI is InChI=1S/C11H6BrNO5/c1-5-2-7(12)9(13(16)17)11-8(5)10(15)6(3-14)4-18-11/h2-4H,1H3. The third-order valence-electron chi connectivity index (χ3n) is 2.51. The van der Waals surface area contributed by atoms with Gasteiger partial charge in [0.05, 0.1) is 20.3 Å². The normalized spacial score (nSPS) is 10.6. The summed E-state index contributed by atoms with van der Waals surface area (Å²) in [6, 6.07) is 1.45. The number of nitrogens with zero attached hydrogens (tertiary/aromatic N) is 1. The lowest BCUT2D eigenvalue weighted by molar-refractivity contribution is -0.384. The molecule has 0 spiro atoms. The van der Waals surface area contributed by atoms with Crippen molar-refractivity contribution in [2.45, 2.75) is 6.92 Å². The summed E-state index contributed by atoms with van der Waals surface area (Å²) in [6.45, 7) is 1.61. The summed E-state index contributed by atoms with van der Waals surface area (Å²) in [7, 11) is 0. The van der Waals surface area contributed by atoms with Crippen LogP contribution in [-0.4, -0.2) is 11.2 Å². The van der Waals surface area contributed by atoms with Gasteiger partial charge in [0.15, 0.2) is 6.29 Å². The lowest BCUT2D eigenvalue weighted by Crippen LogP contribution is -2.10. The quantitative estimate of drug-likeness (QED) is 0.483. The van der Waals surface area contributed by atoms with Crippen molar-refractivity contribution in [1.29, 1.82) is 0 Å². The van der Waals surface area contributed by atoms with E-state index in [1.54, 1.807) is 6.92 Å². The molecule has 0 amide bonds. The van der Waals surface area contributed by atoms with E-state index in [9.17, 15) is 19.7 Å². The number of halogens is 1. The molecule has 0 atom stereocenters. The van der Waals surface area contributed by atoms with Crippen LogP contribution in [0.2, 0.25) is 0 Å². The number of hydrogen-bond donors (Lipinski definition) is 0. The number of benzene rings is 1. The van der Waals surface area contributed by atoms with Gasteiger partial charge in [-0.2, -0.15) is 0 Å². The first kappa shape index (κ1) is 12.4. The van der Waals surface area contributed by atoms with Crippen LogP contribution in [0.25, 0.3) is 11.0 Å². The Kier molecular flexibility index (Phi) is 3.00. The predicted molar refractivity (Wildman–Crippen MR) is 67.0 cm³/mol. The van der Waals surface area contributed by atoms with E-state index in [1.165, 1.54) is 6.07 Å². The first-order chi connectivity index (χ1) is 8.47. The Balaban J connectivity index is 3.08. The molecule has 0 saturated carbocycles. The monoisotopic (exact) mass is 311 g/mol. The highest BCUT2D eigenvalue weighted by molar-refractivity contribution is 9.10. The number of nitro benzene ring substituents is 1. The summed E-state index contributed by atoms with van der Waals surface area (Å²) in [4.78, 5) is 32.9. The van der Waals surface area contributed by atoms with Gasteiger partial charge in [-0.05, 0) is 34.5 Å². The van der Waals surface area contributed by atoms with Crippen molar-refractivity contribution in [3.8, 4) is 0 Å². The number of carbonyl (C=O) groups is 1. The van der Waals surface area contributed by atoms with Crippen LogP contribution in [0.15, 0.2) is 26.0 Å². The van der Waals surface area contributed by atoms with E-state index < -0.39 is 10.4 Å². The molecule has 1 heterocycles. The summed E-state index contributed by atoms with van der Waals surface area (Å²) in [5, 5.41) is 11.0. The number of rotatable bonds is 2. The maximum Gasteiger partial charge on any atom is 0.326 e. The fourth-order valence-corrected chi connectivity index (χ4v) is 2.37. The van der Waals surface area contributed by atoms with Gasteiger partial charge in [-0.3, -0.25) is 19.7 Å². The molecule has 1 aromatic heterocycles. The van der Waals surface area contributed by atoms with Crippen molar-refractivity contribution in [2.24, 2.45) is 0 Å². The second-order valence-corrected chi connectivity index (χ2v) is 4.48. The minimum absolute atomic E-state index is 0.0505. The first-order valence-corrected chi connectivity index (χ1v) is 5.61. The Labute approximate surface area is 108 Å². The van der Waals surface area contributed by atoms with Crippen molar-refractivity contribution >= 4 is 38.9 Å². The lowest BCUT2D eigenvalue weighted by Gasteiger charge is -2.04. The Hall–Kier alpha value is -2.02. The summed E-state index contributed by atoms with van der Waals surface area (Å²) in [5.41, 5.74) is -0.700. The van der Waals surface area contributed by atoms with Crippen molar-refractivity contribution in [2.75, 3.05) is 0 Å². The number of aryl methyl sites for hydroxylation is 1. The highest BCUT2D eigenvalue weighted by Crippen LogP contribution is 2.34. The Bertz CT molecular complexity index is 734. The molecular formula is C11H6BrNO5. The number of fused-ring (bicyclic) bond motifs is 1. The molecule has 0 bridgehead atoms. The molecule has 0 fully saturated rings. The molecule has 0 saturated heterocycles. The van der Waals surface area contributed by atoms with Crippen LogP contribution in [0.5, 0.6) is 0 Å². The molecule has 18 heavy (non-hydrogen) atoms. The van der Waals surface area contributed by atoms with Gasteiger partial charge in [0, 0.05) is 0 Å². The summed E-state index contributed by atoms with van der Waals surface area (Å²) in [6.07, 6.45) is 1.29. The maximum atomic E-state index is 11.9. The van der Waals surface area contributed by atoms with E-state index in [1.807, 2.05) is 0 Å². The SMILES string of the molecule is Cc1cc(Br)c([N+](=O)[O-])c2occ(C=O)c(=O)c12. The molecule has 0 radical (unpaired) electrons. The first-order valence-electron chi connectivity index (χ1n) is 4.81. The zero-order chi connectivity index (χ0) is 13.4. The molecular weight excluding hydrogens is 306 g/mol. The zero-order valence-electron chi connectivity index (χ0n) is 9.10. The molecule has 0 N–H and O–H groups in total. The summed E-state index contributed by atoms with van der Waals surface area (Å²) >= 11 is 3.06. The molecule has 0 aliphatic heterocycles. The van der Waals surface area contributed by atoms with Gasteiger partial charge < -0.3 is 4.42 Å². The van der Waals surface area contributed by atoms with Gasteiger partial charge in [-0.15, -0.1) is 0 Å². The number of carbonyl (C=O) groups excluding carboxylic acids is 1. The number of hydrogen-bond acceptors (Lipinski definition) is 5. The minimum Gasteiger partial charge on any atom is -0.456 e. The average molecular weight is 312 g/mol. The van der Waals surface area contributed by atoms with Crippen LogP contribution < -0.4 is 5.43 Å². The minimum atomic E-state index is -0.643. The average Bonchev–Trinajstić information content (AvgIpc) is 2.28. The molecule has 2 rings (SSSR count). The van der Waals surface area contributed by atoms with Crippen LogP contribution in [-0.2, 0) is 0 Å². The van der Waals surface area contributed by atoms with Crippen molar-refractivity contribution in [3.05, 3.63) is 48.3 Å². The third-order valence-corrected chi connectivity index (χ3v) is 3.11. The molecule has 92 valence electrons. The van der Waals surface area contributed by atoms with E-state index in [0.29, 0.717) is 11.8 Å². The van der Waals surface area contributed by atoms with Crippen molar-refractivity contribution in [1.82, 2.24) is 0 Å². The van der Waals surface area contributed by atoms with Gasteiger partial charge in [-0.1, -0.05) is 0 Å². The third kappa shape index (κ3) is 1.72. The van der Waals surface area contributed by atoms with Gasteiger partial charge in [0.25, 0.3) is 0 Å².